The fourth-order valence-electron chi connectivity index (χ4n) is 4.97. The zero-order valence-electron chi connectivity index (χ0n) is 17.4. The number of para-hydroxylation sites is 1. The molecule has 1 atom stereocenters. The largest absolute Gasteiger partial charge is 0.493 e. The molecule has 3 heterocycles. The molecule has 3 aliphatic rings. The minimum absolute atomic E-state index is 0.0558. The zero-order chi connectivity index (χ0) is 22.7. The van der Waals surface area contributed by atoms with Gasteiger partial charge >= 0.3 is 0 Å². The van der Waals surface area contributed by atoms with E-state index in [1.165, 1.54) is 23.1 Å². The van der Waals surface area contributed by atoms with Crippen LogP contribution in [0.15, 0.2) is 54.6 Å². The number of benzene rings is 3. The minimum atomic E-state index is -1.15. The number of nitrogens with zero attached hydrogens (tertiary/aromatic N) is 1. The van der Waals surface area contributed by atoms with Crippen LogP contribution in [0.2, 0.25) is 5.02 Å². The number of halogens is 2. The van der Waals surface area contributed by atoms with Gasteiger partial charge in [-0.25, -0.2) is 4.39 Å². The van der Waals surface area contributed by atoms with Crippen molar-refractivity contribution in [3.05, 3.63) is 82.1 Å². The summed E-state index contributed by atoms with van der Waals surface area (Å²) in [6.45, 7) is 0.372. The smallest absolute Gasteiger partial charge is 0.246 e. The lowest BCUT2D eigenvalue weighted by molar-refractivity contribution is -0.124. The van der Waals surface area contributed by atoms with Crippen molar-refractivity contribution in [1.82, 2.24) is 0 Å². The highest BCUT2D eigenvalue weighted by Gasteiger charge is 2.58. The molecule has 33 heavy (non-hydrogen) atoms. The Morgan fingerprint density at radius 3 is 2.82 bits per heavy atom. The van der Waals surface area contributed by atoms with Gasteiger partial charge in [-0.2, -0.15) is 0 Å². The van der Waals surface area contributed by atoms with Gasteiger partial charge in [0.15, 0.2) is 0 Å². The number of hydrogen-bond acceptors (Lipinski definition) is 4. The number of anilines is 2. The van der Waals surface area contributed by atoms with Gasteiger partial charge in [-0.15, -0.1) is 0 Å². The van der Waals surface area contributed by atoms with Gasteiger partial charge in [0.25, 0.3) is 0 Å². The van der Waals surface area contributed by atoms with Crippen LogP contribution in [0.3, 0.4) is 0 Å². The van der Waals surface area contributed by atoms with E-state index in [4.69, 9.17) is 21.1 Å². The van der Waals surface area contributed by atoms with Crippen LogP contribution in [-0.4, -0.2) is 31.6 Å². The predicted molar refractivity (Wildman–Crippen MR) is 121 cm³/mol. The van der Waals surface area contributed by atoms with E-state index in [-0.39, 0.29) is 24.7 Å². The molecule has 3 aliphatic heterocycles. The van der Waals surface area contributed by atoms with Crippen molar-refractivity contribution in [3.63, 3.8) is 0 Å². The SMILES string of the molecule is O=C(CN1C(=O)C2(COc3cc4c(cc32)CCO4)c2c(Cl)cccc21)Nc1ccccc1F. The summed E-state index contributed by atoms with van der Waals surface area (Å²) >= 11 is 6.63. The number of fused-ring (bicyclic) bond motifs is 5. The van der Waals surface area contributed by atoms with Gasteiger partial charge < -0.3 is 19.7 Å². The van der Waals surface area contributed by atoms with Crippen LogP contribution in [0.25, 0.3) is 0 Å². The van der Waals surface area contributed by atoms with Gasteiger partial charge in [0.1, 0.15) is 35.9 Å². The van der Waals surface area contributed by atoms with Crippen LogP contribution in [-0.2, 0) is 21.4 Å². The van der Waals surface area contributed by atoms with Crippen LogP contribution in [0.4, 0.5) is 15.8 Å². The summed E-state index contributed by atoms with van der Waals surface area (Å²) in [7, 11) is 0. The lowest BCUT2D eigenvalue weighted by Gasteiger charge is -2.23. The van der Waals surface area contributed by atoms with E-state index in [2.05, 4.69) is 5.32 Å². The van der Waals surface area contributed by atoms with Crippen LogP contribution in [0, 0.1) is 5.82 Å². The predicted octanol–water partition coefficient (Wildman–Crippen LogP) is 4.08. The van der Waals surface area contributed by atoms with Crippen LogP contribution >= 0.6 is 11.6 Å². The number of amides is 2. The zero-order valence-corrected chi connectivity index (χ0v) is 18.1. The molecular weight excluding hydrogens is 447 g/mol. The minimum Gasteiger partial charge on any atom is -0.493 e. The van der Waals surface area contributed by atoms with Gasteiger partial charge in [0, 0.05) is 28.6 Å². The number of carbonyl (C=O) groups excluding carboxylic acids is 2. The molecule has 2 amide bonds. The number of ether oxygens (including phenoxy) is 2. The first-order chi connectivity index (χ1) is 16.0. The van der Waals surface area contributed by atoms with Crippen molar-refractivity contribution in [1.29, 1.82) is 0 Å². The maximum atomic E-state index is 14.0. The molecule has 0 aliphatic carbocycles. The first-order valence-electron chi connectivity index (χ1n) is 10.6. The van der Waals surface area contributed by atoms with E-state index in [1.807, 2.05) is 12.1 Å². The second-order valence-corrected chi connectivity index (χ2v) is 8.71. The van der Waals surface area contributed by atoms with Crippen LogP contribution < -0.4 is 19.7 Å². The molecule has 1 N–H and O–H groups in total. The first-order valence-corrected chi connectivity index (χ1v) is 10.9. The fourth-order valence-corrected chi connectivity index (χ4v) is 5.30. The van der Waals surface area contributed by atoms with E-state index < -0.39 is 17.1 Å². The molecular formula is C25H18ClFN2O4. The van der Waals surface area contributed by atoms with Crippen LogP contribution in [0.1, 0.15) is 16.7 Å². The number of nitrogens with one attached hydrogen (secondary N) is 1. The third-order valence-corrected chi connectivity index (χ3v) is 6.78. The molecule has 166 valence electrons. The molecule has 0 fully saturated rings. The monoisotopic (exact) mass is 464 g/mol. The average molecular weight is 465 g/mol. The third kappa shape index (κ3) is 2.85. The van der Waals surface area contributed by atoms with E-state index in [1.54, 1.807) is 24.3 Å². The Labute approximate surface area is 193 Å². The molecule has 1 spiro atoms. The lowest BCUT2D eigenvalue weighted by Crippen LogP contribution is -2.45. The second-order valence-electron chi connectivity index (χ2n) is 8.30. The fraction of sp³-hybridized carbons (Fsp3) is 0.200. The van der Waals surface area contributed by atoms with Crippen LogP contribution in [0.5, 0.6) is 11.5 Å². The maximum absolute atomic E-state index is 14.0. The Hall–Kier alpha value is -3.58. The molecule has 0 aromatic heterocycles. The summed E-state index contributed by atoms with van der Waals surface area (Å²) in [4.78, 5) is 28.2. The van der Waals surface area contributed by atoms with E-state index in [0.29, 0.717) is 28.6 Å². The third-order valence-electron chi connectivity index (χ3n) is 6.46. The van der Waals surface area contributed by atoms with Gasteiger partial charge in [-0.05, 0) is 35.9 Å². The summed E-state index contributed by atoms with van der Waals surface area (Å²) in [5.74, 6) is -0.0261. The Morgan fingerprint density at radius 1 is 1.12 bits per heavy atom. The topological polar surface area (TPSA) is 67.9 Å². The van der Waals surface area contributed by atoms with Crippen molar-refractivity contribution < 1.29 is 23.5 Å². The summed E-state index contributed by atoms with van der Waals surface area (Å²) < 4.78 is 25.6. The summed E-state index contributed by atoms with van der Waals surface area (Å²) in [6, 6.07) is 14.9. The molecule has 0 radical (unpaired) electrons. The molecule has 6 nitrogen and oxygen atoms in total. The van der Waals surface area contributed by atoms with Crippen molar-refractivity contribution in [2.24, 2.45) is 0 Å². The highest BCUT2D eigenvalue weighted by atomic mass is 35.5. The highest BCUT2D eigenvalue weighted by Crippen LogP contribution is 2.55. The number of rotatable bonds is 3. The van der Waals surface area contributed by atoms with Crippen molar-refractivity contribution in [3.8, 4) is 11.5 Å². The first kappa shape index (κ1) is 20.1. The maximum Gasteiger partial charge on any atom is 0.246 e. The molecule has 3 aromatic carbocycles. The van der Waals surface area contributed by atoms with Gasteiger partial charge in [0.2, 0.25) is 11.8 Å². The molecule has 8 heteroatoms. The lowest BCUT2D eigenvalue weighted by atomic mass is 9.76. The Morgan fingerprint density at radius 2 is 1.97 bits per heavy atom. The van der Waals surface area contributed by atoms with Gasteiger partial charge in [-0.3, -0.25) is 9.59 Å². The van der Waals surface area contributed by atoms with Crippen molar-refractivity contribution in [2.45, 2.75) is 11.8 Å². The molecule has 0 bridgehead atoms. The normalized spacial score (nSPS) is 19.7. The number of hydrogen-bond donors (Lipinski definition) is 1. The second kappa shape index (κ2) is 7.22. The molecule has 0 saturated heterocycles. The highest BCUT2D eigenvalue weighted by molar-refractivity contribution is 6.33. The van der Waals surface area contributed by atoms with Crippen molar-refractivity contribution >= 4 is 34.8 Å². The van der Waals surface area contributed by atoms with Crippen molar-refractivity contribution in [2.75, 3.05) is 30.0 Å². The Balaban J connectivity index is 1.41. The van der Waals surface area contributed by atoms with Gasteiger partial charge in [-0.1, -0.05) is 29.8 Å². The summed E-state index contributed by atoms with van der Waals surface area (Å²) in [5, 5.41) is 2.97. The number of carbonyl (C=O) groups is 2. The van der Waals surface area contributed by atoms with E-state index >= 15 is 0 Å². The molecule has 0 saturated carbocycles. The molecule has 6 rings (SSSR count). The van der Waals surface area contributed by atoms with E-state index in [0.717, 1.165) is 23.3 Å². The van der Waals surface area contributed by atoms with Gasteiger partial charge in [0.05, 0.1) is 18.0 Å². The Bertz CT molecular complexity index is 1340. The Kier molecular flexibility index (Phi) is 4.39. The molecule has 3 aromatic rings. The quantitative estimate of drug-likeness (QED) is 0.634. The summed E-state index contributed by atoms with van der Waals surface area (Å²) in [6.07, 6.45) is 0.747. The standard InChI is InChI=1S/C25H18ClFN2O4/c26-16-4-3-7-19-23(16)25(13-33-21-11-20-14(8-9-32-20)10-15(21)25)24(31)29(19)12-22(30)28-18-6-2-1-5-17(18)27/h1-7,10-11H,8-9,12-13H2,(H,28,30). The summed E-state index contributed by atoms with van der Waals surface area (Å²) in [5.41, 5.74) is 1.80. The molecule has 1 unspecified atom stereocenters. The average Bonchev–Trinajstić information content (AvgIpc) is 3.47. The van der Waals surface area contributed by atoms with E-state index in [9.17, 15) is 14.0 Å².